The molecule has 140 valence electrons. The monoisotopic (exact) mass is 362 g/mol. The zero-order chi connectivity index (χ0) is 18.3. The maximum absolute atomic E-state index is 12.4. The molecule has 3 heterocycles. The van der Waals surface area contributed by atoms with E-state index in [1.165, 1.54) is 5.56 Å². The number of likely N-dealkylation sites (tertiary alicyclic amines) is 1. The standard InChI is InChI=1S/C23H26N2O2/c26-22(18-9-5-2-6-10-18)24-13-19-20-15-25(14-17-7-3-1-4-8-17)16-23(20)12-11-21(19)27-23/h1-10,19-21H,11-16H2,(H,24,26)/t19-,20+,21+,23+/m0/s1. The summed E-state index contributed by atoms with van der Waals surface area (Å²) in [6, 6.07) is 20.1. The summed E-state index contributed by atoms with van der Waals surface area (Å²) in [5.41, 5.74) is 2.10. The Hall–Kier alpha value is -2.17. The Morgan fingerprint density at radius 3 is 2.63 bits per heavy atom. The predicted octanol–water partition coefficient (Wildman–Crippen LogP) is 3.10. The first-order valence-corrected chi connectivity index (χ1v) is 10.0. The lowest BCUT2D eigenvalue weighted by Gasteiger charge is -2.29. The van der Waals surface area contributed by atoms with E-state index in [2.05, 4.69) is 40.5 Å². The molecule has 0 radical (unpaired) electrons. The van der Waals surface area contributed by atoms with Gasteiger partial charge in [-0.1, -0.05) is 48.5 Å². The van der Waals surface area contributed by atoms with Gasteiger partial charge in [-0.05, 0) is 30.5 Å². The van der Waals surface area contributed by atoms with Crippen LogP contribution >= 0.6 is 0 Å². The Bertz CT molecular complexity index is 810. The second-order valence-corrected chi connectivity index (χ2v) is 8.26. The molecular weight excluding hydrogens is 336 g/mol. The van der Waals surface area contributed by atoms with Crippen molar-refractivity contribution >= 4 is 5.91 Å². The van der Waals surface area contributed by atoms with E-state index in [0.29, 0.717) is 24.5 Å². The lowest BCUT2D eigenvalue weighted by Crippen LogP contribution is -2.41. The highest BCUT2D eigenvalue weighted by atomic mass is 16.5. The third kappa shape index (κ3) is 3.07. The Labute approximate surface area is 160 Å². The van der Waals surface area contributed by atoms with E-state index in [0.717, 1.165) is 38.0 Å². The molecule has 2 aromatic carbocycles. The third-order valence-electron chi connectivity index (χ3n) is 6.64. The van der Waals surface area contributed by atoms with Crippen molar-refractivity contribution in [2.45, 2.75) is 31.1 Å². The van der Waals surface area contributed by atoms with Gasteiger partial charge >= 0.3 is 0 Å². The fourth-order valence-corrected chi connectivity index (χ4v) is 5.42. The lowest BCUT2D eigenvalue weighted by atomic mass is 9.73. The van der Waals surface area contributed by atoms with Crippen molar-refractivity contribution in [1.29, 1.82) is 0 Å². The maximum Gasteiger partial charge on any atom is 0.251 e. The largest absolute Gasteiger partial charge is 0.370 e. The highest BCUT2D eigenvalue weighted by Crippen LogP contribution is 2.54. The maximum atomic E-state index is 12.4. The quantitative estimate of drug-likeness (QED) is 0.889. The SMILES string of the molecule is O=C(NC[C@H]1[C@H]2CN(Cc3ccccc3)C[C@]23CC[C@H]1O3)c1ccccc1. The first-order valence-electron chi connectivity index (χ1n) is 10.0. The molecule has 4 nitrogen and oxygen atoms in total. The van der Waals surface area contributed by atoms with Gasteiger partial charge in [-0.2, -0.15) is 0 Å². The molecule has 5 rings (SSSR count). The number of nitrogens with zero attached hydrogens (tertiary/aromatic N) is 1. The number of benzene rings is 2. The molecule has 4 atom stereocenters. The average molecular weight is 362 g/mol. The first kappa shape index (κ1) is 17.0. The number of nitrogens with one attached hydrogen (secondary N) is 1. The molecule has 2 bridgehead atoms. The average Bonchev–Trinajstić information content (AvgIpc) is 3.35. The minimum atomic E-state index is 0.0155. The van der Waals surface area contributed by atoms with Gasteiger partial charge < -0.3 is 10.1 Å². The molecule has 0 aromatic heterocycles. The van der Waals surface area contributed by atoms with Crippen molar-refractivity contribution < 1.29 is 9.53 Å². The van der Waals surface area contributed by atoms with Crippen molar-refractivity contribution in [3.8, 4) is 0 Å². The second kappa shape index (κ2) is 6.77. The fourth-order valence-electron chi connectivity index (χ4n) is 5.42. The van der Waals surface area contributed by atoms with Crippen molar-refractivity contribution in [3.05, 3.63) is 71.8 Å². The van der Waals surface area contributed by atoms with Crippen LogP contribution in [-0.4, -0.2) is 42.1 Å². The van der Waals surface area contributed by atoms with Gasteiger partial charge in [0.05, 0.1) is 11.7 Å². The Balaban J connectivity index is 1.25. The van der Waals surface area contributed by atoms with Crippen LogP contribution in [0.1, 0.15) is 28.8 Å². The van der Waals surface area contributed by atoms with Crippen molar-refractivity contribution in [1.82, 2.24) is 10.2 Å². The van der Waals surface area contributed by atoms with Gasteiger partial charge in [0, 0.05) is 43.6 Å². The summed E-state index contributed by atoms with van der Waals surface area (Å²) in [5, 5.41) is 3.16. The number of rotatable bonds is 5. The van der Waals surface area contributed by atoms with Gasteiger partial charge in [0.25, 0.3) is 5.91 Å². The molecule has 3 aliphatic rings. The van der Waals surface area contributed by atoms with Crippen LogP contribution in [0.15, 0.2) is 60.7 Å². The van der Waals surface area contributed by atoms with E-state index < -0.39 is 0 Å². The summed E-state index contributed by atoms with van der Waals surface area (Å²) >= 11 is 0. The van der Waals surface area contributed by atoms with Gasteiger partial charge in [0.15, 0.2) is 0 Å². The molecule has 0 unspecified atom stereocenters. The fraction of sp³-hybridized carbons (Fsp3) is 0.435. The van der Waals surface area contributed by atoms with Gasteiger partial charge in [0.1, 0.15) is 0 Å². The summed E-state index contributed by atoms with van der Waals surface area (Å²) < 4.78 is 6.51. The van der Waals surface area contributed by atoms with E-state index in [1.807, 2.05) is 30.3 Å². The number of fused-ring (bicyclic) bond motifs is 1. The summed E-state index contributed by atoms with van der Waals surface area (Å²) in [6.07, 6.45) is 2.60. The molecule has 27 heavy (non-hydrogen) atoms. The number of ether oxygens (including phenoxy) is 1. The smallest absolute Gasteiger partial charge is 0.251 e. The van der Waals surface area contributed by atoms with Crippen LogP contribution in [0.4, 0.5) is 0 Å². The lowest BCUT2D eigenvalue weighted by molar-refractivity contribution is 0.00212. The van der Waals surface area contributed by atoms with E-state index >= 15 is 0 Å². The molecule has 0 saturated carbocycles. The van der Waals surface area contributed by atoms with Crippen LogP contribution in [0.25, 0.3) is 0 Å². The molecule has 1 N–H and O–H groups in total. The first-order chi connectivity index (χ1) is 13.2. The number of carbonyl (C=O) groups is 1. The summed E-state index contributed by atoms with van der Waals surface area (Å²) in [5.74, 6) is 0.967. The molecule has 3 aliphatic heterocycles. The molecular formula is C23H26N2O2. The summed E-state index contributed by atoms with van der Waals surface area (Å²) in [4.78, 5) is 15.0. The van der Waals surface area contributed by atoms with E-state index in [9.17, 15) is 4.79 Å². The summed E-state index contributed by atoms with van der Waals surface area (Å²) in [7, 11) is 0. The van der Waals surface area contributed by atoms with Crippen LogP contribution in [0.5, 0.6) is 0 Å². The molecule has 1 amide bonds. The zero-order valence-electron chi connectivity index (χ0n) is 15.5. The van der Waals surface area contributed by atoms with Gasteiger partial charge in [-0.3, -0.25) is 9.69 Å². The normalized spacial score (nSPS) is 31.8. The van der Waals surface area contributed by atoms with Crippen molar-refractivity contribution in [2.75, 3.05) is 19.6 Å². The molecule has 1 spiro atoms. The van der Waals surface area contributed by atoms with Crippen molar-refractivity contribution in [2.24, 2.45) is 11.8 Å². The third-order valence-corrected chi connectivity index (χ3v) is 6.64. The highest BCUT2D eigenvalue weighted by molar-refractivity contribution is 5.94. The Morgan fingerprint density at radius 2 is 1.85 bits per heavy atom. The van der Waals surface area contributed by atoms with E-state index in [1.54, 1.807) is 0 Å². The molecule has 4 heteroatoms. The minimum Gasteiger partial charge on any atom is -0.370 e. The number of hydrogen-bond acceptors (Lipinski definition) is 3. The van der Waals surface area contributed by atoms with E-state index in [-0.39, 0.29) is 11.5 Å². The number of amides is 1. The van der Waals surface area contributed by atoms with Crippen LogP contribution in [-0.2, 0) is 11.3 Å². The number of carbonyl (C=O) groups excluding carboxylic acids is 1. The van der Waals surface area contributed by atoms with Crippen LogP contribution < -0.4 is 5.32 Å². The topological polar surface area (TPSA) is 41.6 Å². The van der Waals surface area contributed by atoms with E-state index in [4.69, 9.17) is 4.74 Å². The van der Waals surface area contributed by atoms with Crippen LogP contribution in [0.2, 0.25) is 0 Å². The Morgan fingerprint density at radius 1 is 1.11 bits per heavy atom. The molecule has 2 aromatic rings. The van der Waals surface area contributed by atoms with Gasteiger partial charge in [0.2, 0.25) is 0 Å². The molecule has 3 fully saturated rings. The summed E-state index contributed by atoms with van der Waals surface area (Å²) in [6.45, 7) is 3.78. The highest BCUT2D eigenvalue weighted by Gasteiger charge is 2.62. The van der Waals surface area contributed by atoms with Crippen LogP contribution in [0, 0.1) is 11.8 Å². The zero-order valence-corrected chi connectivity index (χ0v) is 15.5. The number of hydrogen-bond donors (Lipinski definition) is 1. The molecule has 0 aliphatic carbocycles. The predicted molar refractivity (Wildman–Crippen MR) is 104 cm³/mol. The second-order valence-electron chi connectivity index (χ2n) is 8.26. The van der Waals surface area contributed by atoms with Gasteiger partial charge in [-0.15, -0.1) is 0 Å². The van der Waals surface area contributed by atoms with Crippen molar-refractivity contribution in [3.63, 3.8) is 0 Å². The van der Waals surface area contributed by atoms with Gasteiger partial charge in [-0.25, -0.2) is 0 Å². The van der Waals surface area contributed by atoms with Crippen LogP contribution in [0.3, 0.4) is 0 Å². The molecule has 3 saturated heterocycles. The minimum absolute atomic E-state index is 0.0155. The Kier molecular flexibility index (Phi) is 4.25.